The second kappa shape index (κ2) is 5.78. The van der Waals surface area contributed by atoms with Crippen LogP contribution < -0.4 is 4.90 Å². The van der Waals surface area contributed by atoms with Crippen molar-refractivity contribution >= 4 is 17.4 Å². The van der Waals surface area contributed by atoms with Crippen LogP contribution in [-0.2, 0) is 0 Å². The Balaban J connectivity index is 1.97. The predicted octanol–water partition coefficient (Wildman–Crippen LogP) is 4.04. The first kappa shape index (κ1) is 12.7. The Bertz CT molecular complexity index is 523. The number of hydrogen-bond acceptors (Lipinski definition) is 1. The number of benzene rings is 2. The third-order valence-corrected chi connectivity index (χ3v) is 3.60. The molecule has 3 heteroatoms. The van der Waals surface area contributed by atoms with Gasteiger partial charge in [-0.25, -0.2) is 4.79 Å². The van der Waals surface area contributed by atoms with E-state index in [1.54, 1.807) is 4.90 Å². The molecule has 1 aliphatic rings. The molecule has 3 nitrogen and oxygen atoms in total. The van der Waals surface area contributed by atoms with Crippen molar-refractivity contribution in [3.05, 3.63) is 60.7 Å². The van der Waals surface area contributed by atoms with Crippen molar-refractivity contribution in [2.24, 2.45) is 0 Å². The fraction of sp³-hybridized carbons (Fsp3) is 0.235. The van der Waals surface area contributed by atoms with Gasteiger partial charge in [0.15, 0.2) is 0 Å². The maximum Gasteiger partial charge on any atom is 0.329 e. The first-order valence-electron chi connectivity index (χ1n) is 7.05. The number of amides is 2. The number of carbonyl (C=O) groups excluding carboxylic acids is 1. The van der Waals surface area contributed by atoms with E-state index in [1.165, 1.54) is 0 Å². The summed E-state index contributed by atoms with van der Waals surface area (Å²) in [6.07, 6.45) is 2.20. The van der Waals surface area contributed by atoms with Crippen LogP contribution in [-0.4, -0.2) is 24.0 Å². The zero-order valence-corrected chi connectivity index (χ0v) is 11.4. The van der Waals surface area contributed by atoms with Crippen molar-refractivity contribution in [3.8, 4) is 0 Å². The molecule has 102 valence electrons. The van der Waals surface area contributed by atoms with Gasteiger partial charge in [0.05, 0.1) is 11.4 Å². The largest absolute Gasteiger partial charge is 0.329 e. The molecule has 1 aliphatic heterocycles. The topological polar surface area (TPSA) is 23.6 Å². The number of nitrogens with zero attached hydrogens (tertiary/aromatic N) is 2. The van der Waals surface area contributed by atoms with Crippen molar-refractivity contribution in [2.45, 2.75) is 12.8 Å². The molecule has 0 saturated carbocycles. The van der Waals surface area contributed by atoms with Crippen molar-refractivity contribution in [2.75, 3.05) is 18.0 Å². The second-order valence-corrected chi connectivity index (χ2v) is 4.98. The molecular formula is C17H18N2O. The van der Waals surface area contributed by atoms with E-state index < -0.39 is 0 Å². The molecule has 2 amide bonds. The fourth-order valence-corrected chi connectivity index (χ4v) is 2.57. The Morgan fingerprint density at radius 1 is 0.800 bits per heavy atom. The summed E-state index contributed by atoms with van der Waals surface area (Å²) in [5.74, 6) is 0. The average molecular weight is 266 g/mol. The van der Waals surface area contributed by atoms with Gasteiger partial charge in [0.2, 0.25) is 0 Å². The van der Waals surface area contributed by atoms with Crippen LogP contribution in [0.4, 0.5) is 16.2 Å². The fourth-order valence-electron chi connectivity index (χ4n) is 2.57. The molecule has 0 N–H and O–H groups in total. The maximum absolute atomic E-state index is 12.8. The molecule has 1 heterocycles. The minimum atomic E-state index is 0.0694. The van der Waals surface area contributed by atoms with Crippen molar-refractivity contribution < 1.29 is 4.79 Å². The van der Waals surface area contributed by atoms with Crippen LogP contribution in [0.15, 0.2) is 60.7 Å². The summed E-state index contributed by atoms with van der Waals surface area (Å²) < 4.78 is 0. The number of para-hydroxylation sites is 2. The molecule has 3 rings (SSSR count). The highest BCUT2D eigenvalue weighted by Gasteiger charge is 2.25. The summed E-state index contributed by atoms with van der Waals surface area (Å²) in [4.78, 5) is 16.5. The minimum absolute atomic E-state index is 0.0694. The zero-order chi connectivity index (χ0) is 13.8. The van der Waals surface area contributed by atoms with Gasteiger partial charge in [0.25, 0.3) is 0 Å². The van der Waals surface area contributed by atoms with Gasteiger partial charge < -0.3 is 4.90 Å². The smallest absolute Gasteiger partial charge is 0.324 e. The van der Waals surface area contributed by atoms with Crippen LogP contribution in [0.5, 0.6) is 0 Å². The molecule has 0 atom stereocenters. The maximum atomic E-state index is 12.8. The van der Waals surface area contributed by atoms with Gasteiger partial charge in [0, 0.05) is 13.1 Å². The quantitative estimate of drug-likeness (QED) is 0.804. The van der Waals surface area contributed by atoms with Gasteiger partial charge in [-0.1, -0.05) is 36.4 Å². The van der Waals surface area contributed by atoms with Gasteiger partial charge in [-0.15, -0.1) is 0 Å². The predicted molar refractivity (Wildman–Crippen MR) is 81.2 cm³/mol. The Hall–Kier alpha value is -2.29. The Labute approximate surface area is 119 Å². The van der Waals surface area contributed by atoms with Crippen molar-refractivity contribution in [3.63, 3.8) is 0 Å². The Morgan fingerprint density at radius 3 is 1.70 bits per heavy atom. The van der Waals surface area contributed by atoms with Gasteiger partial charge in [-0.3, -0.25) is 4.90 Å². The average Bonchev–Trinajstić information content (AvgIpc) is 3.04. The van der Waals surface area contributed by atoms with E-state index in [1.807, 2.05) is 65.6 Å². The second-order valence-electron chi connectivity index (χ2n) is 4.98. The molecule has 2 aromatic carbocycles. The summed E-state index contributed by atoms with van der Waals surface area (Å²) in [5.41, 5.74) is 1.83. The molecule has 20 heavy (non-hydrogen) atoms. The number of rotatable bonds is 2. The number of urea groups is 1. The van der Waals surface area contributed by atoms with Crippen LogP contribution in [0.2, 0.25) is 0 Å². The van der Waals surface area contributed by atoms with E-state index >= 15 is 0 Å². The third-order valence-electron chi connectivity index (χ3n) is 3.60. The lowest BCUT2D eigenvalue weighted by molar-refractivity contribution is 0.218. The summed E-state index contributed by atoms with van der Waals surface area (Å²) in [6, 6.07) is 19.7. The normalized spacial score (nSPS) is 14.3. The standard InChI is InChI=1S/C17H18N2O/c20-17(18-13-7-8-14-18)19(15-9-3-1-4-10-15)16-11-5-2-6-12-16/h1-6,9-12H,7-8,13-14H2. The first-order chi connectivity index (χ1) is 9.86. The van der Waals surface area contributed by atoms with Gasteiger partial charge >= 0.3 is 6.03 Å². The molecule has 1 saturated heterocycles. The van der Waals surface area contributed by atoms with Gasteiger partial charge in [-0.2, -0.15) is 0 Å². The van der Waals surface area contributed by atoms with Gasteiger partial charge in [-0.05, 0) is 37.1 Å². The first-order valence-corrected chi connectivity index (χ1v) is 7.05. The van der Waals surface area contributed by atoms with Crippen LogP contribution in [0.3, 0.4) is 0 Å². The highest BCUT2D eigenvalue weighted by molar-refractivity contribution is 5.99. The Morgan fingerprint density at radius 2 is 1.25 bits per heavy atom. The summed E-state index contributed by atoms with van der Waals surface area (Å²) >= 11 is 0. The molecule has 2 aromatic rings. The molecule has 0 radical (unpaired) electrons. The van der Waals surface area contributed by atoms with Crippen LogP contribution >= 0.6 is 0 Å². The lowest BCUT2D eigenvalue weighted by atomic mass is 10.2. The molecule has 0 unspecified atom stereocenters. The minimum Gasteiger partial charge on any atom is -0.324 e. The highest BCUT2D eigenvalue weighted by Crippen LogP contribution is 2.27. The highest BCUT2D eigenvalue weighted by atomic mass is 16.2. The van der Waals surface area contributed by atoms with Crippen LogP contribution in [0.25, 0.3) is 0 Å². The number of carbonyl (C=O) groups is 1. The van der Waals surface area contributed by atoms with Crippen molar-refractivity contribution in [1.82, 2.24) is 4.90 Å². The monoisotopic (exact) mass is 266 g/mol. The SMILES string of the molecule is O=C(N1CCCC1)N(c1ccccc1)c1ccccc1. The summed E-state index contributed by atoms with van der Waals surface area (Å²) in [6.45, 7) is 1.71. The van der Waals surface area contributed by atoms with Crippen LogP contribution in [0, 0.1) is 0 Å². The molecule has 0 spiro atoms. The van der Waals surface area contributed by atoms with Gasteiger partial charge in [0.1, 0.15) is 0 Å². The van der Waals surface area contributed by atoms with E-state index in [0.717, 1.165) is 37.3 Å². The molecular weight excluding hydrogens is 248 g/mol. The molecule has 0 aliphatic carbocycles. The number of hydrogen-bond donors (Lipinski definition) is 0. The molecule has 0 aromatic heterocycles. The summed E-state index contributed by atoms with van der Waals surface area (Å²) in [5, 5.41) is 0. The lowest BCUT2D eigenvalue weighted by Crippen LogP contribution is -2.39. The summed E-state index contributed by atoms with van der Waals surface area (Å²) in [7, 11) is 0. The van der Waals surface area contributed by atoms with E-state index in [-0.39, 0.29) is 6.03 Å². The van der Waals surface area contributed by atoms with Crippen LogP contribution in [0.1, 0.15) is 12.8 Å². The van der Waals surface area contributed by atoms with E-state index in [2.05, 4.69) is 0 Å². The number of anilines is 2. The molecule has 0 bridgehead atoms. The zero-order valence-electron chi connectivity index (χ0n) is 11.4. The Kier molecular flexibility index (Phi) is 3.68. The number of likely N-dealkylation sites (tertiary alicyclic amines) is 1. The van der Waals surface area contributed by atoms with E-state index in [4.69, 9.17) is 0 Å². The van der Waals surface area contributed by atoms with E-state index in [0.29, 0.717) is 0 Å². The van der Waals surface area contributed by atoms with E-state index in [9.17, 15) is 4.79 Å². The van der Waals surface area contributed by atoms with Crippen molar-refractivity contribution in [1.29, 1.82) is 0 Å². The molecule has 1 fully saturated rings. The lowest BCUT2D eigenvalue weighted by Gasteiger charge is -2.28. The third kappa shape index (κ3) is 2.52.